The van der Waals surface area contributed by atoms with Crippen LogP contribution in [0.1, 0.15) is 16.8 Å². The first-order valence-corrected chi connectivity index (χ1v) is 15.2. The summed E-state index contributed by atoms with van der Waals surface area (Å²) in [4.78, 5) is 21.0. The summed E-state index contributed by atoms with van der Waals surface area (Å²) in [5, 5.41) is 3.06. The lowest BCUT2D eigenvalue weighted by molar-refractivity contribution is -0.114. The Bertz CT molecular complexity index is 1760. The summed E-state index contributed by atoms with van der Waals surface area (Å²) in [5.41, 5.74) is 2.62. The number of anilines is 3. The monoisotopic (exact) mass is 599 g/mol. The molecule has 0 aliphatic carbocycles. The number of carbonyl (C=O) groups excluding carboxylic acids is 1. The highest BCUT2D eigenvalue weighted by atomic mass is 35.5. The van der Waals surface area contributed by atoms with E-state index in [1.54, 1.807) is 50.2 Å². The SMILES string of the molecule is Cc1ccc(S(=O)(=O)N(CC(=O)Nc2ccc(S(=O)(=O)Nc3nccc(C)n3)cc2)c2ccc(Cl)cc2C)cc1. The third-order valence-electron chi connectivity index (χ3n) is 5.79. The molecule has 0 radical (unpaired) electrons. The van der Waals surface area contributed by atoms with Gasteiger partial charge in [-0.05, 0) is 87.0 Å². The van der Waals surface area contributed by atoms with Crippen LogP contribution in [-0.4, -0.2) is 39.3 Å². The van der Waals surface area contributed by atoms with Crippen molar-refractivity contribution in [3.05, 3.63) is 101 Å². The molecule has 0 aliphatic rings. The molecule has 0 bridgehead atoms. The van der Waals surface area contributed by atoms with E-state index < -0.39 is 32.5 Å². The molecule has 4 rings (SSSR count). The highest BCUT2D eigenvalue weighted by Gasteiger charge is 2.28. The molecule has 0 saturated heterocycles. The summed E-state index contributed by atoms with van der Waals surface area (Å²) in [6, 6.07) is 18.1. The number of nitrogens with zero attached hydrogens (tertiary/aromatic N) is 3. The summed E-state index contributed by atoms with van der Waals surface area (Å²) in [6.45, 7) is 4.71. The van der Waals surface area contributed by atoms with Crippen LogP contribution in [0.25, 0.3) is 0 Å². The Hall–Kier alpha value is -4.00. The Kier molecular flexibility index (Phi) is 8.43. The van der Waals surface area contributed by atoms with Gasteiger partial charge in [0.1, 0.15) is 6.54 Å². The molecule has 1 amide bonds. The Labute approximate surface area is 238 Å². The van der Waals surface area contributed by atoms with Gasteiger partial charge >= 0.3 is 0 Å². The molecule has 40 heavy (non-hydrogen) atoms. The van der Waals surface area contributed by atoms with E-state index in [1.807, 2.05) is 6.92 Å². The predicted octanol–water partition coefficient (Wildman–Crippen LogP) is 4.69. The maximum atomic E-state index is 13.6. The number of aryl methyl sites for hydroxylation is 3. The first-order valence-electron chi connectivity index (χ1n) is 11.9. The molecule has 0 fully saturated rings. The Morgan fingerprint density at radius 3 is 2.15 bits per heavy atom. The third kappa shape index (κ3) is 6.76. The van der Waals surface area contributed by atoms with Gasteiger partial charge in [-0.25, -0.2) is 31.5 Å². The number of carbonyl (C=O) groups is 1. The molecule has 10 nitrogen and oxygen atoms in total. The molecule has 4 aromatic rings. The largest absolute Gasteiger partial charge is 0.325 e. The van der Waals surface area contributed by atoms with Crippen molar-refractivity contribution >= 4 is 54.9 Å². The van der Waals surface area contributed by atoms with Crippen molar-refractivity contribution in [1.82, 2.24) is 9.97 Å². The van der Waals surface area contributed by atoms with Crippen LogP contribution in [0.15, 0.2) is 88.8 Å². The van der Waals surface area contributed by atoms with Gasteiger partial charge in [0.25, 0.3) is 20.0 Å². The van der Waals surface area contributed by atoms with Crippen LogP contribution in [-0.2, 0) is 24.8 Å². The average Bonchev–Trinajstić information content (AvgIpc) is 2.88. The summed E-state index contributed by atoms with van der Waals surface area (Å²) < 4.78 is 56.0. The van der Waals surface area contributed by atoms with Crippen LogP contribution in [0, 0.1) is 20.8 Å². The van der Waals surface area contributed by atoms with Crippen molar-refractivity contribution in [3.63, 3.8) is 0 Å². The van der Waals surface area contributed by atoms with Crippen LogP contribution < -0.4 is 14.3 Å². The van der Waals surface area contributed by atoms with Gasteiger partial charge in [0.2, 0.25) is 11.9 Å². The maximum absolute atomic E-state index is 13.6. The topological polar surface area (TPSA) is 138 Å². The van der Waals surface area contributed by atoms with Crippen LogP contribution in [0.2, 0.25) is 5.02 Å². The third-order valence-corrected chi connectivity index (χ3v) is 9.15. The minimum absolute atomic E-state index is 0.0277. The lowest BCUT2D eigenvalue weighted by atomic mass is 10.2. The quantitative estimate of drug-likeness (QED) is 0.284. The van der Waals surface area contributed by atoms with Crippen LogP contribution in [0.4, 0.5) is 17.3 Å². The molecular weight excluding hydrogens is 574 g/mol. The highest BCUT2D eigenvalue weighted by Crippen LogP contribution is 2.29. The van der Waals surface area contributed by atoms with Crippen LogP contribution in [0.5, 0.6) is 0 Å². The number of benzene rings is 3. The van der Waals surface area contributed by atoms with Crippen molar-refractivity contribution in [3.8, 4) is 0 Å². The van der Waals surface area contributed by atoms with E-state index in [-0.39, 0.29) is 21.4 Å². The zero-order chi connectivity index (χ0) is 29.1. The lowest BCUT2D eigenvalue weighted by Gasteiger charge is -2.26. The fourth-order valence-corrected chi connectivity index (χ4v) is 6.42. The molecule has 208 valence electrons. The second kappa shape index (κ2) is 11.6. The van der Waals surface area contributed by atoms with E-state index >= 15 is 0 Å². The first kappa shape index (κ1) is 29.0. The molecular formula is C27H26ClN5O5S2. The smallest absolute Gasteiger partial charge is 0.264 e. The van der Waals surface area contributed by atoms with Gasteiger partial charge in [-0.1, -0.05) is 29.3 Å². The van der Waals surface area contributed by atoms with Crippen LogP contribution >= 0.6 is 11.6 Å². The number of rotatable bonds is 9. The van der Waals surface area contributed by atoms with E-state index in [2.05, 4.69) is 20.0 Å². The molecule has 0 unspecified atom stereocenters. The number of nitrogens with one attached hydrogen (secondary N) is 2. The number of hydrogen-bond acceptors (Lipinski definition) is 7. The second-order valence-corrected chi connectivity index (χ2v) is 12.9. The predicted molar refractivity (Wildman–Crippen MR) is 155 cm³/mol. The number of aromatic nitrogens is 2. The Balaban J connectivity index is 1.55. The number of halogens is 1. The van der Waals surface area contributed by atoms with E-state index in [9.17, 15) is 21.6 Å². The standard InChI is InChI=1S/C27H26ClN5O5S2/c1-18-4-9-24(10-5-18)40(37,38)33(25-13-6-21(28)16-19(25)2)17-26(34)31-22-7-11-23(12-8-22)39(35,36)32-27-29-15-14-20(3)30-27/h4-16H,17H2,1-3H3,(H,31,34)(H,29,30,32). The zero-order valence-electron chi connectivity index (χ0n) is 21.8. The fraction of sp³-hybridized carbons (Fsp3) is 0.148. The minimum Gasteiger partial charge on any atom is -0.325 e. The molecule has 3 aromatic carbocycles. The van der Waals surface area contributed by atoms with Gasteiger partial charge in [0.15, 0.2) is 0 Å². The number of amides is 1. The van der Waals surface area contributed by atoms with Gasteiger partial charge in [-0.3, -0.25) is 9.10 Å². The zero-order valence-corrected chi connectivity index (χ0v) is 24.2. The summed E-state index contributed by atoms with van der Waals surface area (Å²) in [5.74, 6) is -0.698. The average molecular weight is 600 g/mol. The molecule has 2 N–H and O–H groups in total. The maximum Gasteiger partial charge on any atom is 0.264 e. The molecule has 1 heterocycles. The van der Waals surface area contributed by atoms with Gasteiger partial charge in [0.05, 0.1) is 15.5 Å². The molecule has 0 saturated carbocycles. The fourth-order valence-electron chi connectivity index (χ4n) is 3.76. The first-order chi connectivity index (χ1) is 18.8. The Morgan fingerprint density at radius 2 is 1.52 bits per heavy atom. The van der Waals surface area contributed by atoms with Gasteiger partial charge in [-0.2, -0.15) is 0 Å². The Morgan fingerprint density at radius 1 is 0.875 bits per heavy atom. The summed E-state index contributed by atoms with van der Waals surface area (Å²) in [7, 11) is -8.10. The highest BCUT2D eigenvalue weighted by molar-refractivity contribution is 7.93. The molecule has 0 spiro atoms. The van der Waals surface area contributed by atoms with E-state index in [0.29, 0.717) is 22.0 Å². The van der Waals surface area contributed by atoms with Crippen LogP contribution in [0.3, 0.4) is 0 Å². The summed E-state index contributed by atoms with van der Waals surface area (Å²) in [6.07, 6.45) is 1.44. The molecule has 0 aliphatic heterocycles. The van der Waals surface area contributed by atoms with E-state index in [4.69, 9.17) is 11.6 Å². The van der Waals surface area contributed by atoms with Gasteiger partial charge < -0.3 is 5.32 Å². The molecule has 0 atom stereocenters. The van der Waals surface area contributed by atoms with E-state index in [1.165, 1.54) is 42.6 Å². The van der Waals surface area contributed by atoms with Crippen molar-refractivity contribution in [1.29, 1.82) is 0 Å². The van der Waals surface area contributed by atoms with Crippen molar-refractivity contribution < 1.29 is 21.6 Å². The summed E-state index contributed by atoms with van der Waals surface area (Å²) >= 11 is 6.08. The van der Waals surface area contributed by atoms with Crippen molar-refractivity contribution in [2.45, 2.75) is 30.6 Å². The van der Waals surface area contributed by atoms with Crippen molar-refractivity contribution in [2.75, 3.05) is 20.9 Å². The number of hydrogen-bond donors (Lipinski definition) is 2. The molecule has 13 heteroatoms. The normalized spacial score (nSPS) is 11.6. The molecule has 1 aromatic heterocycles. The minimum atomic E-state index is -4.12. The second-order valence-electron chi connectivity index (χ2n) is 8.96. The lowest BCUT2D eigenvalue weighted by Crippen LogP contribution is -2.38. The number of sulfonamides is 2. The van der Waals surface area contributed by atoms with E-state index in [0.717, 1.165) is 9.87 Å². The van der Waals surface area contributed by atoms with Crippen molar-refractivity contribution in [2.24, 2.45) is 0 Å². The van der Waals surface area contributed by atoms with Gasteiger partial charge in [-0.15, -0.1) is 0 Å². The van der Waals surface area contributed by atoms with Gasteiger partial charge in [0, 0.05) is 22.6 Å².